The Labute approximate surface area is 150 Å². The van der Waals surface area contributed by atoms with Gasteiger partial charge in [0.15, 0.2) is 0 Å². The minimum atomic E-state index is -0.495. The summed E-state index contributed by atoms with van der Waals surface area (Å²) < 4.78 is 0. The maximum absolute atomic E-state index is 11.7. The number of hydrazone groups is 1. The Bertz CT molecular complexity index is 789. The first-order valence-corrected chi connectivity index (χ1v) is 7.91. The van der Waals surface area contributed by atoms with Gasteiger partial charge in [0.25, 0.3) is 5.69 Å². The van der Waals surface area contributed by atoms with Crippen molar-refractivity contribution < 1.29 is 14.5 Å². The largest absolute Gasteiger partial charge is 0.352 e. The fourth-order valence-corrected chi connectivity index (χ4v) is 2.03. The summed E-state index contributed by atoms with van der Waals surface area (Å²) in [6.07, 6.45) is 1.45. The number of hydrogen-bond acceptors (Lipinski definition) is 5. The van der Waals surface area contributed by atoms with Crippen LogP contribution in [0.5, 0.6) is 0 Å². The van der Waals surface area contributed by atoms with Gasteiger partial charge in [-0.1, -0.05) is 30.3 Å². The molecule has 2 amide bonds. The van der Waals surface area contributed by atoms with Crippen LogP contribution in [0.2, 0.25) is 0 Å². The van der Waals surface area contributed by atoms with Crippen molar-refractivity contribution in [2.24, 2.45) is 5.10 Å². The third-order valence-electron chi connectivity index (χ3n) is 3.42. The first-order chi connectivity index (χ1) is 12.5. The van der Waals surface area contributed by atoms with Crippen LogP contribution >= 0.6 is 0 Å². The molecule has 0 atom stereocenters. The van der Waals surface area contributed by atoms with Gasteiger partial charge in [-0.2, -0.15) is 5.10 Å². The third-order valence-corrected chi connectivity index (χ3v) is 3.42. The van der Waals surface area contributed by atoms with Crippen molar-refractivity contribution in [3.63, 3.8) is 0 Å². The number of nitro benzene ring substituents is 1. The number of carbonyl (C=O) groups is 2. The second kappa shape index (κ2) is 9.67. The van der Waals surface area contributed by atoms with Crippen LogP contribution in [-0.2, 0) is 16.1 Å². The van der Waals surface area contributed by atoms with Crippen LogP contribution in [0.1, 0.15) is 24.0 Å². The Morgan fingerprint density at radius 2 is 1.65 bits per heavy atom. The molecule has 0 saturated heterocycles. The highest BCUT2D eigenvalue weighted by Gasteiger charge is 2.06. The Morgan fingerprint density at radius 1 is 1.00 bits per heavy atom. The number of amides is 2. The molecular formula is C18H18N4O4. The normalized spacial score (nSPS) is 10.5. The second-order valence-electron chi connectivity index (χ2n) is 5.40. The van der Waals surface area contributed by atoms with Crippen LogP contribution in [0.4, 0.5) is 5.69 Å². The summed E-state index contributed by atoms with van der Waals surface area (Å²) >= 11 is 0. The first-order valence-electron chi connectivity index (χ1n) is 7.91. The predicted octanol–water partition coefficient (Wildman–Crippen LogP) is 2.14. The molecule has 0 unspecified atom stereocenters. The number of benzene rings is 2. The van der Waals surface area contributed by atoms with Crippen molar-refractivity contribution in [1.82, 2.24) is 10.7 Å². The minimum absolute atomic E-state index is 0.0121. The van der Waals surface area contributed by atoms with E-state index in [1.54, 1.807) is 0 Å². The third kappa shape index (κ3) is 6.52. The van der Waals surface area contributed by atoms with Crippen molar-refractivity contribution in [2.75, 3.05) is 0 Å². The molecule has 0 aliphatic rings. The maximum atomic E-state index is 11.7. The van der Waals surface area contributed by atoms with Crippen molar-refractivity contribution >= 4 is 23.7 Å². The van der Waals surface area contributed by atoms with Crippen LogP contribution in [0.25, 0.3) is 0 Å². The Morgan fingerprint density at radius 3 is 2.31 bits per heavy atom. The van der Waals surface area contributed by atoms with E-state index < -0.39 is 10.8 Å². The van der Waals surface area contributed by atoms with Crippen molar-refractivity contribution in [3.05, 3.63) is 75.8 Å². The molecule has 2 aromatic carbocycles. The standard InChI is InChI=1S/C18H18N4O4/c23-17(19-12-14-4-2-1-3-5-14)10-11-18(24)21-20-13-15-6-8-16(9-7-15)22(25)26/h1-9,13H,10-12H2,(H,19,23)(H,21,24). The Kier molecular flexibility index (Phi) is 6.99. The van der Waals surface area contributed by atoms with E-state index >= 15 is 0 Å². The van der Waals surface area contributed by atoms with Crippen LogP contribution < -0.4 is 10.7 Å². The van der Waals surface area contributed by atoms with Crippen LogP contribution in [0.15, 0.2) is 59.7 Å². The molecule has 0 aromatic heterocycles. The van der Waals surface area contributed by atoms with Gasteiger partial charge in [0.2, 0.25) is 11.8 Å². The van der Waals surface area contributed by atoms with E-state index in [-0.39, 0.29) is 24.4 Å². The average molecular weight is 354 g/mol. The van der Waals surface area contributed by atoms with E-state index in [0.717, 1.165) is 5.56 Å². The quantitative estimate of drug-likeness (QED) is 0.429. The van der Waals surface area contributed by atoms with Gasteiger partial charge in [-0.3, -0.25) is 19.7 Å². The fourth-order valence-electron chi connectivity index (χ4n) is 2.03. The zero-order valence-corrected chi connectivity index (χ0v) is 13.9. The molecule has 26 heavy (non-hydrogen) atoms. The predicted molar refractivity (Wildman–Crippen MR) is 96.4 cm³/mol. The van der Waals surface area contributed by atoms with Crippen LogP contribution in [0, 0.1) is 10.1 Å². The molecule has 0 saturated carbocycles. The lowest BCUT2D eigenvalue weighted by Gasteiger charge is -2.04. The van der Waals surface area contributed by atoms with E-state index in [0.29, 0.717) is 12.1 Å². The van der Waals surface area contributed by atoms with E-state index in [4.69, 9.17) is 0 Å². The highest BCUT2D eigenvalue weighted by Crippen LogP contribution is 2.10. The lowest BCUT2D eigenvalue weighted by Crippen LogP contribution is -2.25. The molecule has 8 heteroatoms. The first kappa shape index (κ1) is 18.8. The summed E-state index contributed by atoms with van der Waals surface area (Å²) in [6, 6.07) is 15.2. The number of nitro groups is 1. The summed E-state index contributed by atoms with van der Waals surface area (Å²) in [4.78, 5) is 33.4. The topological polar surface area (TPSA) is 114 Å². The molecule has 0 spiro atoms. The SMILES string of the molecule is O=C(CCC(=O)NN=Cc1ccc([N+](=O)[O-])cc1)NCc1ccccc1. The van der Waals surface area contributed by atoms with Gasteiger partial charge in [-0.05, 0) is 23.3 Å². The van der Waals surface area contributed by atoms with E-state index in [2.05, 4.69) is 15.8 Å². The van der Waals surface area contributed by atoms with Gasteiger partial charge in [0, 0.05) is 31.5 Å². The zero-order chi connectivity index (χ0) is 18.8. The lowest BCUT2D eigenvalue weighted by atomic mass is 10.2. The van der Waals surface area contributed by atoms with Crippen molar-refractivity contribution in [3.8, 4) is 0 Å². The summed E-state index contributed by atoms with van der Waals surface area (Å²) in [5, 5.41) is 17.1. The molecule has 134 valence electrons. The van der Waals surface area contributed by atoms with E-state index in [9.17, 15) is 19.7 Å². The molecule has 0 aliphatic carbocycles. The molecule has 2 aromatic rings. The molecule has 0 heterocycles. The molecule has 0 aliphatic heterocycles. The van der Waals surface area contributed by atoms with Crippen LogP contribution in [-0.4, -0.2) is 23.0 Å². The van der Waals surface area contributed by atoms with Gasteiger partial charge < -0.3 is 5.32 Å². The highest BCUT2D eigenvalue weighted by molar-refractivity contribution is 5.85. The summed E-state index contributed by atoms with van der Waals surface area (Å²) in [5.41, 5.74) is 3.89. The number of hydrogen-bond donors (Lipinski definition) is 2. The maximum Gasteiger partial charge on any atom is 0.269 e. The van der Waals surface area contributed by atoms with Gasteiger partial charge in [0.05, 0.1) is 11.1 Å². The number of nitrogens with zero attached hydrogens (tertiary/aromatic N) is 2. The Hall–Kier alpha value is -3.55. The number of non-ortho nitro benzene ring substituents is 1. The number of carbonyl (C=O) groups excluding carboxylic acids is 2. The van der Waals surface area contributed by atoms with Crippen LogP contribution in [0.3, 0.4) is 0 Å². The summed E-state index contributed by atoms with van der Waals surface area (Å²) in [6.45, 7) is 0.416. The highest BCUT2D eigenvalue weighted by atomic mass is 16.6. The molecular weight excluding hydrogens is 336 g/mol. The molecule has 0 bridgehead atoms. The van der Waals surface area contributed by atoms with E-state index in [1.807, 2.05) is 30.3 Å². The smallest absolute Gasteiger partial charge is 0.269 e. The fraction of sp³-hybridized carbons (Fsp3) is 0.167. The van der Waals surface area contributed by atoms with Crippen molar-refractivity contribution in [1.29, 1.82) is 0 Å². The summed E-state index contributed by atoms with van der Waals surface area (Å²) in [5.74, 6) is -0.610. The summed E-state index contributed by atoms with van der Waals surface area (Å²) in [7, 11) is 0. The Balaban J connectivity index is 1.68. The van der Waals surface area contributed by atoms with Gasteiger partial charge in [-0.25, -0.2) is 5.43 Å². The molecule has 2 rings (SSSR count). The number of rotatable bonds is 8. The lowest BCUT2D eigenvalue weighted by molar-refractivity contribution is -0.384. The van der Waals surface area contributed by atoms with E-state index in [1.165, 1.54) is 30.5 Å². The average Bonchev–Trinajstić information content (AvgIpc) is 2.66. The van der Waals surface area contributed by atoms with Crippen molar-refractivity contribution in [2.45, 2.75) is 19.4 Å². The molecule has 2 N–H and O–H groups in total. The second-order valence-corrected chi connectivity index (χ2v) is 5.40. The molecule has 0 radical (unpaired) electrons. The monoisotopic (exact) mass is 354 g/mol. The van der Waals surface area contributed by atoms with Gasteiger partial charge in [-0.15, -0.1) is 0 Å². The van der Waals surface area contributed by atoms with Gasteiger partial charge >= 0.3 is 0 Å². The zero-order valence-electron chi connectivity index (χ0n) is 13.9. The number of nitrogens with one attached hydrogen (secondary N) is 2. The molecule has 8 nitrogen and oxygen atoms in total. The van der Waals surface area contributed by atoms with Gasteiger partial charge in [0.1, 0.15) is 0 Å². The minimum Gasteiger partial charge on any atom is -0.352 e. The molecule has 0 fully saturated rings.